The summed E-state index contributed by atoms with van der Waals surface area (Å²) in [5, 5.41) is 4.11. The minimum Gasteiger partial charge on any atom is -0.354 e. The van der Waals surface area contributed by atoms with Crippen LogP contribution in [0.25, 0.3) is 0 Å². The van der Waals surface area contributed by atoms with E-state index in [2.05, 4.69) is 5.32 Å². The van der Waals surface area contributed by atoms with Gasteiger partial charge in [0.25, 0.3) is 0 Å². The third kappa shape index (κ3) is 4.57. The monoisotopic (exact) mass is 273 g/mol. The SMILES string of the molecule is CC(C)NC(=O)[C@H](C)Cc1ccc(Cl)cc1Cl. The fourth-order valence-electron chi connectivity index (χ4n) is 1.54. The molecule has 1 aromatic carbocycles. The minimum atomic E-state index is -0.101. The van der Waals surface area contributed by atoms with Crippen LogP contribution in [0.1, 0.15) is 26.3 Å². The second-order valence-corrected chi connectivity index (χ2v) is 5.35. The van der Waals surface area contributed by atoms with Crippen LogP contribution in [0.15, 0.2) is 18.2 Å². The number of hydrogen-bond acceptors (Lipinski definition) is 1. The molecule has 1 aromatic rings. The van der Waals surface area contributed by atoms with Gasteiger partial charge in [-0.15, -0.1) is 0 Å². The summed E-state index contributed by atoms with van der Waals surface area (Å²) in [4.78, 5) is 11.8. The van der Waals surface area contributed by atoms with Crippen LogP contribution in [-0.2, 0) is 11.2 Å². The molecule has 94 valence electrons. The number of carbonyl (C=O) groups excluding carboxylic acids is 1. The van der Waals surface area contributed by atoms with Gasteiger partial charge in [0.1, 0.15) is 0 Å². The standard InChI is InChI=1S/C13H17Cl2NO/c1-8(2)16-13(17)9(3)6-10-4-5-11(14)7-12(10)15/h4-5,7-9H,6H2,1-3H3,(H,16,17)/t9-/m1/s1. The summed E-state index contributed by atoms with van der Waals surface area (Å²) in [6.07, 6.45) is 0.620. The van der Waals surface area contributed by atoms with Crippen LogP contribution in [0.2, 0.25) is 10.0 Å². The zero-order chi connectivity index (χ0) is 13.0. The van der Waals surface area contributed by atoms with E-state index >= 15 is 0 Å². The molecule has 4 heteroatoms. The molecule has 0 unspecified atom stereocenters. The molecule has 0 radical (unpaired) electrons. The van der Waals surface area contributed by atoms with E-state index in [4.69, 9.17) is 23.2 Å². The smallest absolute Gasteiger partial charge is 0.223 e. The Bertz CT molecular complexity index is 404. The normalized spacial score (nSPS) is 12.6. The number of carbonyl (C=O) groups is 1. The predicted octanol–water partition coefficient (Wildman–Crippen LogP) is 3.70. The zero-order valence-corrected chi connectivity index (χ0v) is 11.8. The Morgan fingerprint density at radius 1 is 1.29 bits per heavy atom. The molecule has 2 nitrogen and oxygen atoms in total. The summed E-state index contributed by atoms with van der Waals surface area (Å²) >= 11 is 11.9. The van der Waals surface area contributed by atoms with Gasteiger partial charge in [-0.2, -0.15) is 0 Å². The summed E-state index contributed by atoms with van der Waals surface area (Å²) < 4.78 is 0. The lowest BCUT2D eigenvalue weighted by Gasteiger charge is -2.15. The number of benzene rings is 1. The lowest BCUT2D eigenvalue weighted by Crippen LogP contribution is -2.35. The van der Waals surface area contributed by atoms with E-state index in [1.807, 2.05) is 26.8 Å². The maximum atomic E-state index is 11.8. The van der Waals surface area contributed by atoms with Gasteiger partial charge in [0.2, 0.25) is 5.91 Å². The van der Waals surface area contributed by atoms with Gasteiger partial charge in [-0.05, 0) is 38.0 Å². The van der Waals surface area contributed by atoms with E-state index in [1.165, 1.54) is 0 Å². The van der Waals surface area contributed by atoms with Crippen molar-refractivity contribution >= 4 is 29.1 Å². The summed E-state index contributed by atoms with van der Waals surface area (Å²) in [7, 11) is 0. The number of halogens is 2. The summed E-state index contributed by atoms with van der Waals surface area (Å²) in [6.45, 7) is 5.78. The summed E-state index contributed by atoms with van der Waals surface area (Å²) in [5.74, 6) is -0.0536. The molecule has 0 aliphatic rings. The third-order valence-electron chi connectivity index (χ3n) is 2.42. The van der Waals surface area contributed by atoms with E-state index in [-0.39, 0.29) is 17.9 Å². The molecule has 0 aromatic heterocycles. The molecule has 1 amide bonds. The molecule has 0 bridgehead atoms. The van der Waals surface area contributed by atoms with E-state index in [9.17, 15) is 4.79 Å². The van der Waals surface area contributed by atoms with E-state index in [0.29, 0.717) is 16.5 Å². The van der Waals surface area contributed by atoms with Crippen LogP contribution in [0, 0.1) is 5.92 Å². The third-order valence-corrected chi connectivity index (χ3v) is 3.01. The largest absolute Gasteiger partial charge is 0.354 e. The lowest BCUT2D eigenvalue weighted by atomic mass is 10.00. The van der Waals surface area contributed by atoms with Gasteiger partial charge in [0.15, 0.2) is 0 Å². The van der Waals surface area contributed by atoms with Crippen molar-refractivity contribution < 1.29 is 4.79 Å². The van der Waals surface area contributed by atoms with Crippen molar-refractivity contribution in [2.45, 2.75) is 33.2 Å². The van der Waals surface area contributed by atoms with Crippen LogP contribution in [0.4, 0.5) is 0 Å². The number of hydrogen-bond donors (Lipinski definition) is 1. The summed E-state index contributed by atoms with van der Waals surface area (Å²) in [6, 6.07) is 5.51. The molecular formula is C13H17Cl2NO. The Morgan fingerprint density at radius 2 is 1.94 bits per heavy atom. The van der Waals surface area contributed by atoms with Gasteiger partial charge in [-0.3, -0.25) is 4.79 Å². The first-order valence-corrected chi connectivity index (χ1v) is 6.40. The maximum absolute atomic E-state index is 11.8. The van der Waals surface area contributed by atoms with Gasteiger partial charge in [-0.25, -0.2) is 0 Å². The first-order valence-electron chi connectivity index (χ1n) is 5.64. The Balaban J connectivity index is 2.67. The van der Waals surface area contributed by atoms with Crippen molar-refractivity contribution in [1.29, 1.82) is 0 Å². The van der Waals surface area contributed by atoms with Gasteiger partial charge in [0.05, 0.1) is 0 Å². The number of amides is 1. The van der Waals surface area contributed by atoms with Gasteiger partial charge < -0.3 is 5.32 Å². The lowest BCUT2D eigenvalue weighted by molar-refractivity contribution is -0.124. The quantitative estimate of drug-likeness (QED) is 0.891. The molecule has 1 rings (SSSR count). The Morgan fingerprint density at radius 3 is 2.47 bits per heavy atom. The fourth-order valence-corrected chi connectivity index (χ4v) is 2.02. The van der Waals surface area contributed by atoms with Gasteiger partial charge in [0, 0.05) is 22.0 Å². The topological polar surface area (TPSA) is 29.1 Å². The Labute approximate surface area is 112 Å². The van der Waals surface area contributed by atoms with E-state index < -0.39 is 0 Å². The fraction of sp³-hybridized carbons (Fsp3) is 0.462. The van der Waals surface area contributed by atoms with Crippen LogP contribution in [0.3, 0.4) is 0 Å². The number of nitrogens with one attached hydrogen (secondary N) is 1. The molecular weight excluding hydrogens is 257 g/mol. The first-order chi connectivity index (χ1) is 7.90. The molecule has 1 N–H and O–H groups in total. The van der Waals surface area contributed by atoms with Crippen molar-refractivity contribution in [2.24, 2.45) is 5.92 Å². The molecule has 1 atom stereocenters. The highest BCUT2D eigenvalue weighted by Gasteiger charge is 2.15. The highest BCUT2D eigenvalue weighted by atomic mass is 35.5. The van der Waals surface area contributed by atoms with Crippen molar-refractivity contribution in [3.8, 4) is 0 Å². The van der Waals surface area contributed by atoms with Crippen molar-refractivity contribution in [3.63, 3.8) is 0 Å². The maximum Gasteiger partial charge on any atom is 0.223 e. The molecule has 0 heterocycles. The van der Waals surface area contributed by atoms with E-state index in [1.54, 1.807) is 12.1 Å². The molecule has 0 fully saturated rings. The molecule has 0 saturated carbocycles. The van der Waals surface area contributed by atoms with Crippen LogP contribution in [-0.4, -0.2) is 11.9 Å². The highest BCUT2D eigenvalue weighted by Crippen LogP contribution is 2.23. The molecule has 17 heavy (non-hydrogen) atoms. The van der Waals surface area contributed by atoms with Crippen LogP contribution >= 0.6 is 23.2 Å². The minimum absolute atomic E-state index is 0.0472. The predicted molar refractivity (Wildman–Crippen MR) is 72.6 cm³/mol. The van der Waals surface area contributed by atoms with E-state index in [0.717, 1.165) is 5.56 Å². The van der Waals surface area contributed by atoms with Crippen LogP contribution < -0.4 is 5.32 Å². The van der Waals surface area contributed by atoms with Gasteiger partial charge in [-0.1, -0.05) is 36.2 Å². The molecule has 0 saturated heterocycles. The number of rotatable bonds is 4. The average Bonchev–Trinajstić information content (AvgIpc) is 2.21. The Hall–Kier alpha value is -0.730. The van der Waals surface area contributed by atoms with Crippen molar-refractivity contribution in [2.75, 3.05) is 0 Å². The second kappa shape index (κ2) is 6.27. The van der Waals surface area contributed by atoms with Crippen LogP contribution in [0.5, 0.6) is 0 Å². The van der Waals surface area contributed by atoms with Crippen molar-refractivity contribution in [3.05, 3.63) is 33.8 Å². The zero-order valence-electron chi connectivity index (χ0n) is 10.3. The van der Waals surface area contributed by atoms with Gasteiger partial charge >= 0.3 is 0 Å². The second-order valence-electron chi connectivity index (χ2n) is 4.50. The average molecular weight is 274 g/mol. The Kier molecular flexibility index (Phi) is 5.29. The van der Waals surface area contributed by atoms with Crippen molar-refractivity contribution in [1.82, 2.24) is 5.32 Å². The summed E-state index contributed by atoms with van der Waals surface area (Å²) in [5.41, 5.74) is 0.947. The molecule has 0 aliphatic carbocycles. The first kappa shape index (κ1) is 14.3. The molecule has 0 aliphatic heterocycles. The highest BCUT2D eigenvalue weighted by molar-refractivity contribution is 6.35. The molecule has 0 spiro atoms.